The second-order valence-corrected chi connectivity index (χ2v) is 13.2. The van der Waals surface area contributed by atoms with Crippen LogP contribution in [0.15, 0.2) is 47.4 Å². The highest BCUT2D eigenvalue weighted by Crippen LogP contribution is 2.35. The summed E-state index contributed by atoms with van der Waals surface area (Å²) in [5.74, 6) is 0.808. The van der Waals surface area contributed by atoms with Gasteiger partial charge in [-0.25, -0.2) is 18.0 Å². The molecule has 2 fully saturated rings. The molecule has 2 aromatic carbocycles. The number of nitrogens with two attached hydrogens (primary N) is 1. The second-order valence-electron chi connectivity index (χ2n) is 11.3. The molecule has 44 heavy (non-hydrogen) atoms. The summed E-state index contributed by atoms with van der Waals surface area (Å²) in [6.07, 6.45) is -3.24. The summed E-state index contributed by atoms with van der Waals surface area (Å²) in [4.78, 5) is 24.2. The SMILES string of the molecule is CC(C)CN(C[C@@H](O)[C@H](Cc1ccc(OC(N)=O)cc1)NC(=O)O[C@H]1CO[C@H]2OCC[C@H]21)S(=O)(=O)c1ccc2c(c1)OCO2. The van der Waals surface area contributed by atoms with Crippen molar-refractivity contribution in [3.05, 3.63) is 48.0 Å². The molecular weight excluding hydrogens is 598 g/mol. The van der Waals surface area contributed by atoms with Crippen LogP contribution in [0.2, 0.25) is 0 Å². The average Bonchev–Trinajstić information content (AvgIpc) is 3.71. The number of benzene rings is 2. The molecule has 0 bridgehead atoms. The quantitative estimate of drug-likeness (QED) is 0.310. The van der Waals surface area contributed by atoms with Gasteiger partial charge in [0.1, 0.15) is 11.9 Å². The van der Waals surface area contributed by atoms with Crippen LogP contribution in [0.3, 0.4) is 0 Å². The van der Waals surface area contributed by atoms with Crippen LogP contribution >= 0.6 is 0 Å². The van der Waals surface area contributed by atoms with E-state index in [1.807, 2.05) is 13.8 Å². The maximum absolute atomic E-state index is 13.8. The molecule has 0 saturated carbocycles. The fraction of sp³-hybridized carbons (Fsp3) is 0.517. The highest BCUT2D eigenvalue weighted by atomic mass is 32.2. The van der Waals surface area contributed by atoms with Gasteiger partial charge in [-0.15, -0.1) is 0 Å². The number of ether oxygens (including phenoxy) is 6. The first-order chi connectivity index (χ1) is 21.0. The minimum absolute atomic E-state index is 0.00620. The van der Waals surface area contributed by atoms with Crippen LogP contribution in [-0.2, 0) is 30.7 Å². The number of nitrogens with zero attached hydrogens (tertiary/aromatic N) is 1. The Morgan fingerprint density at radius 1 is 1.09 bits per heavy atom. The number of amides is 2. The summed E-state index contributed by atoms with van der Waals surface area (Å²) in [5.41, 5.74) is 5.74. The Kier molecular flexibility index (Phi) is 9.80. The van der Waals surface area contributed by atoms with Gasteiger partial charge in [-0.1, -0.05) is 26.0 Å². The zero-order chi connectivity index (χ0) is 31.4. The van der Waals surface area contributed by atoms with E-state index >= 15 is 0 Å². The van der Waals surface area contributed by atoms with Crippen LogP contribution in [-0.4, -0.2) is 87.7 Å². The van der Waals surface area contributed by atoms with E-state index in [1.165, 1.54) is 34.6 Å². The lowest BCUT2D eigenvalue weighted by Crippen LogP contribution is -2.51. The summed E-state index contributed by atoms with van der Waals surface area (Å²) in [6.45, 7) is 4.20. The molecule has 3 aliphatic heterocycles. The molecule has 2 saturated heterocycles. The Morgan fingerprint density at radius 2 is 1.84 bits per heavy atom. The highest BCUT2D eigenvalue weighted by molar-refractivity contribution is 7.89. The van der Waals surface area contributed by atoms with E-state index in [0.29, 0.717) is 30.1 Å². The Labute approximate surface area is 255 Å². The summed E-state index contributed by atoms with van der Waals surface area (Å²) in [6, 6.07) is 9.71. The molecule has 2 amide bonds. The van der Waals surface area contributed by atoms with Crippen LogP contribution in [0, 0.1) is 11.8 Å². The number of carbonyl (C=O) groups is 2. The molecule has 0 aliphatic carbocycles. The number of aliphatic hydroxyl groups is 1. The first-order valence-electron chi connectivity index (χ1n) is 14.3. The van der Waals surface area contributed by atoms with Gasteiger partial charge in [-0.3, -0.25) is 0 Å². The van der Waals surface area contributed by atoms with E-state index in [1.54, 1.807) is 12.1 Å². The molecule has 0 unspecified atom stereocenters. The number of sulfonamides is 1. The maximum Gasteiger partial charge on any atom is 0.409 e. The molecule has 0 spiro atoms. The van der Waals surface area contributed by atoms with E-state index in [4.69, 9.17) is 34.2 Å². The number of alkyl carbamates (subject to hydrolysis) is 1. The van der Waals surface area contributed by atoms with Crippen molar-refractivity contribution in [1.29, 1.82) is 0 Å². The topological polar surface area (TPSA) is 185 Å². The lowest BCUT2D eigenvalue weighted by Gasteiger charge is -2.31. The lowest BCUT2D eigenvalue weighted by atomic mass is 10.0. The largest absolute Gasteiger partial charge is 0.454 e. The van der Waals surface area contributed by atoms with Gasteiger partial charge >= 0.3 is 12.2 Å². The standard InChI is InChI=1S/C29H37N3O11S/c1-17(2)13-32(44(36,37)20-7-8-24-25(12-20)41-16-40-24)14-23(33)22(11-18-3-5-19(6-4-18)42-28(30)34)31-29(35)43-26-15-39-27-21(26)9-10-38-27/h3-8,12,17,21-23,26-27,33H,9-11,13-16H2,1-2H3,(H2,30,34)(H,31,35)/t21-,22-,23+,26-,27+/m0/s1. The second kappa shape index (κ2) is 13.6. The molecule has 4 N–H and O–H groups in total. The fourth-order valence-electron chi connectivity index (χ4n) is 5.42. The van der Waals surface area contributed by atoms with Crippen LogP contribution in [0.25, 0.3) is 0 Å². The highest BCUT2D eigenvalue weighted by Gasteiger charge is 2.44. The Morgan fingerprint density at radius 3 is 2.57 bits per heavy atom. The van der Waals surface area contributed by atoms with Gasteiger partial charge in [0.05, 0.1) is 36.2 Å². The smallest absolute Gasteiger partial charge is 0.409 e. The zero-order valence-corrected chi connectivity index (χ0v) is 25.2. The van der Waals surface area contributed by atoms with E-state index in [0.717, 1.165) is 0 Å². The third-order valence-electron chi connectivity index (χ3n) is 7.55. The van der Waals surface area contributed by atoms with Crippen molar-refractivity contribution < 1.29 is 51.5 Å². The molecular formula is C29H37N3O11S. The summed E-state index contributed by atoms with van der Waals surface area (Å²) in [7, 11) is -4.09. The summed E-state index contributed by atoms with van der Waals surface area (Å²) in [5, 5.41) is 14.2. The number of hydrogen-bond donors (Lipinski definition) is 3. The number of fused-ring (bicyclic) bond motifs is 2. The first-order valence-corrected chi connectivity index (χ1v) is 15.8. The first kappa shape index (κ1) is 31.8. The molecule has 15 heteroatoms. The number of hydrogen-bond acceptors (Lipinski definition) is 11. The molecule has 5 rings (SSSR count). The lowest BCUT2D eigenvalue weighted by molar-refractivity contribution is -0.0907. The molecule has 2 aromatic rings. The Bertz CT molecular complexity index is 1440. The molecule has 3 aliphatic rings. The predicted octanol–water partition coefficient (Wildman–Crippen LogP) is 1.98. The van der Waals surface area contributed by atoms with E-state index in [9.17, 15) is 23.1 Å². The molecule has 240 valence electrons. The van der Waals surface area contributed by atoms with E-state index < -0.39 is 46.7 Å². The van der Waals surface area contributed by atoms with Crippen molar-refractivity contribution in [2.45, 2.75) is 56.1 Å². The van der Waals surface area contributed by atoms with E-state index in [-0.39, 0.29) is 55.4 Å². The number of carbonyl (C=O) groups excluding carboxylic acids is 2. The van der Waals surface area contributed by atoms with Crippen molar-refractivity contribution in [3.8, 4) is 17.2 Å². The summed E-state index contributed by atoms with van der Waals surface area (Å²) >= 11 is 0. The van der Waals surface area contributed by atoms with Crippen molar-refractivity contribution in [3.63, 3.8) is 0 Å². The zero-order valence-electron chi connectivity index (χ0n) is 24.4. The Hall–Kier alpha value is -3.63. The fourth-order valence-corrected chi connectivity index (χ4v) is 7.06. The molecule has 3 heterocycles. The van der Waals surface area contributed by atoms with Gasteiger partial charge < -0.3 is 44.6 Å². The van der Waals surface area contributed by atoms with Crippen molar-refractivity contribution >= 4 is 22.2 Å². The molecule has 14 nitrogen and oxygen atoms in total. The number of nitrogens with one attached hydrogen (secondary N) is 1. The minimum Gasteiger partial charge on any atom is -0.454 e. The van der Waals surface area contributed by atoms with Crippen molar-refractivity contribution in [2.75, 3.05) is 33.1 Å². The van der Waals surface area contributed by atoms with E-state index in [2.05, 4.69) is 5.32 Å². The van der Waals surface area contributed by atoms with Gasteiger partial charge in [-0.2, -0.15) is 4.31 Å². The van der Waals surface area contributed by atoms with Gasteiger partial charge in [0.2, 0.25) is 16.8 Å². The number of primary amides is 1. The van der Waals surface area contributed by atoms with Crippen LogP contribution in [0.1, 0.15) is 25.8 Å². The number of aliphatic hydroxyl groups excluding tert-OH is 1. The molecule has 5 atom stereocenters. The van der Waals surface area contributed by atoms with Crippen LogP contribution < -0.4 is 25.3 Å². The van der Waals surface area contributed by atoms with Crippen molar-refractivity contribution in [2.24, 2.45) is 17.6 Å². The van der Waals surface area contributed by atoms with Gasteiger partial charge in [0, 0.05) is 19.2 Å². The monoisotopic (exact) mass is 635 g/mol. The minimum atomic E-state index is -4.09. The van der Waals surface area contributed by atoms with Crippen LogP contribution in [0.5, 0.6) is 17.2 Å². The van der Waals surface area contributed by atoms with Gasteiger partial charge in [0.15, 0.2) is 17.8 Å². The third-order valence-corrected chi connectivity index (χ3v) is 9.38. The van der Waals surface area contributed by atoms with Crippen molar-refractivity contribution in [1.82, 2.24) is 9.62 Å². The normalized spacial score (nSPS) is 22.1. The summed E-state index contributed by atoms with van der Waals surface area (Å²) < 4.78 is 61.1. The predicted molar refractivity (Wildman–Crippen MR) is 154 cm³/mol. The molecule has 0 radical (unpaired) electrons. The Balaban J connectivity index is 1.35. The van der Waals surface area contributed by atoms with Gasteiger partial charge in [0.25, 0.3) is 0 Å². The molecule has 0 aromatic heterocycles. The maximum atomic E-state index is 13.8. The average molecular weight is 636 g/mol. The van der Waals surface area contributed by atoms with Crippen LogP contribution in [0.4, 0.5) is 9.59 Å². The third kappa shape index (κ3) is 7.53. The van der Waals surface area contributed by atoms with Gasteiger partial charge in [-0.05, 0) is 48.6 Å². The number of rotatable bonds is 12.